The number of phenolic OH excluding ortho intramolecular Hbond substituents is 1. The zero-order valence-electron chi connectivity index (χ0n) is 12.2. The van der Waals surface area contributed by atoms with E-state index in [0.717, 1.165) is 19.7 Å². The summed E-state index contributed by atoms with van der Waals surface area (Å²) in [7, 11) is 0. The maximum atomic E-state index is 10.6. The number of rotatable bonds is 0. The first-order valence-electron chi connectivity index (χ1n) is 7.16. The van der Waals surface area contributed by atoms with Crippen LogP contribution >= 0.6 is 31.9 Å². The van der Waals surface area contributed by atoms with Crippen molar-refractivity contribution in [1.29, 1.82) is 0 Å². The molecule has 0 atom stereocenters. The molecule has 1 aliphatic rings. The molecule has 1 N–H and O–H groups in total. The molecule has 110 valence electrons. The predicted octanol–water partition coefficient (Wildman–Crippen LogP) is 6.38. The van der Waals surface area contributed by atoms with Gasteiger partial charge in [-0.2, -0.15) is 0 Å². The second-order valence-electron chi connectivity index (χ2n) is 6.30. The summed E-state index contributed by atoms with van der Waals surface area (Å²) in [5.41, 5.74) is 4.89. The molecule has 0 unspecified atom stereocenters. The van der Waals surface area contributed by atoms with Crippen LogP contribution in [0, 0.1) is 0 Å². The fourth-order valence-electron chi connectivity index (χ4n) is 3.63. The minimum atomic E-state index is -0.105. The van der Waals surface area contributed by atoms with Crippen molar-refractivity contribution in [1.82, 2.24) is 0 Å². The van der Waals surface area contributed by atoms with E-state index in [4.69, 9.17) is 0 Å². The zero-order valence-corrected chi connectivity index (χ0v) is 15.4. The van der Waals surface area contributed by atoms with Gasteiger partial charge >= 0.3 is 0 Å². The monoisotopic (exact) mass is 416 g/mol. The Balaban J connectivity index is 2.27. The van der Waals surface area contributed by atoms with Gasteiger partial charge in [0.05, 0.1) is 0 Å². The number of fused-ring (bicyclic) bond motifs is 5. The van der Waals surface area contributed by atoms with Crippen LogP contribution in [-0.4, -0.2) is 5.11 Å². The van der Waals surface area contributed by atoms with E-state index in [0.29, 0.717) is 5.75 Å². The first kappa shape index (κ1) is 14.3. The molecule has 0 amide bonds. The average Bonchev–Trinajstić information content (AvgIpc) is 2.67. The van der Waals surface area contributed by atoms with E-state index < -0.39 is 0 Å². The quantitative estimate of drug-likeness (QED) is 0.450. The van der Waals surface area contributed by atoms with E-state index in [2.05, 4.69) is 76.0 Å². The molecule has 3 heteroatoms. The highest BCUT2D eigenvalue weighted by atomic mass is 79.9. The SMILES string of the molecule is CC1(C)c2ccccc2-c2c1cc(O)c1c(Br)cc(Br)cc21. The molecule has 0 bridgehead atoms. The Morgan fingerprint density at radius 3 is 2.45 bits per heavy atom. The number of aromatic hydroxyl groups is 1. The van der Waals surface area contributed by atoms with Gasteiger partial charge in [0, 0.05) is 19.7 Å². The normalized spacial score (nSPS) is 14.9. The van der Waals surface area contributed by atoms with Crippen LogP contribution in [0.1, 0.15) is 25.0 Å². The second-order valence-corrected chi connectivity index (χ2v) is 8.07. The van der Waals surface area contributed by atoms with Gasteiger partial charge in [0.2, 0.25) is 0 Å². The number of hydrogen-bond acceptors (Lipinski definition) is 1. The van der Waals surface area contributed by atoms with Gasteiger partial charge in [-0.3, -0.25) is 0 Å². The van der Waals surface area contributed by atoms with Crippen molar-refractivity contribution in [3.8, 4) is 16.9 Å². The summed E-state index contributed by atoms with van der Waals surface area (Å²) in [6.07, 6.45) is 0. The van der Waals surface area contributed by atoms with E-state index in [-0.39, 0.29) is 5.41 Å². The topological polar surface area (TPSA) is 20.2 Å². The molecule has 0 aliphatic heterocycles. The molecule has 0 saturated heterocycles. The molecule has 22 heavy (non-hydrogen) atoms. The molecule has 1 nitrogen and oxygen atoms in total. The van der Waals surface area contributed by atoms with Crippen molar-refractivity contribution in [3.63, 3.8) is 0 Å². The lowest BCUT2D eigenvalue weighted by atomic mass is 9.82. The molecule has 3 aromatic carbocycles. The third kappa shape index (κ3) is 1.76. The molecule has 0 spiro atoms. The van der Waals surface area contributed by atoms with Crippen molar-refractivity contribution in [2.75, 3.05) is 0 Å². The minimum absolute atomic E-state index is 0.105. The molecule has 0 heterocycles. The number of phenols is 1. The fraction of sp³-hybridized carbons (Fsp3) is 0.158. The Bertz CT molecular complexity index is 942. The highest BCUT2D eigenvalue weighted by molar-refractivity contribution is 9.11. The smallest absolute Gasteiger partial charge is 0.124 e. The van der Waals surface area contributed by atoms with Gasteiger partial charge in [0.1, 0.15) is 5.75 Å². The Kier molecular flexibility index (Phi) is 2.98. The Hall–Kier alpha value is -1.32. The third-order valence-corrected chi connectivity index (χ3v) is 5.76. The first-order chi connectivity index (χ1) is 10.4. The molecule has 3 aromatic rings. The van der Waals surface area contributed by atoms with Crippen molar-refractivity contribution in [3.05, 3.63) is 62.5 Å². The van der Waals surface area contributed by atoms with Crippen molar-refractivity contribution in [2.24, 2.45) is 0 Å². The second kappa shape index (κ2) is 4.59. The van der Waals surface area contributed by atoms with Crippen LogP contribution in [0.2, 0.25) is 0 Å². The summed E-state index contributed by atoms with van der Waals surface area (Å²) in [4.78, 5) is 0. The summed E-state index contributed by atoms with van der Waals surface area (Å²) >= 11 is 7.16. The van der Waals surface area contributed by atoms with Crippen LogP contribution in [0.3, 0.4) is 0 Å². The zero-order chi connectivity index (χ0) is 15.6. The third-order valence-electron chi connectivity index (χ3n) is 4.67. The van der Waals surface area contributed by atoms with E-state index in [9.17, 15) is 5.11 Å². The van der Waals surface area contributed by atoms with Crippen LogP contribution < -0.4 is 0 Å². The van der Waals surface area contributed by atoms with Gasteiger partial charge in [-0.1, -0.05) is 54.0 Å². The van der Waals surface area contributed by atoms with E-state index >= 15 is 0 Å². The van der Waals surface area contributed by atoms with Gasteiger partial charge in [-0.15, -0.1) is 0 Å². The van der Waals surface area contributed by atoms with Crippen LogP contribution in [0.25, 0.3) is 21.9 Å². The molecular weight excluding hydrogens is 404 g/mol. The van der Waals surface area contributed by atoms with E-state index in [1.807, 2.05) is 12.1 Å². The van der Waals surface area contributed by atoms with Gasteiger partial charge in [0.25, 0.3) is 0 Å². The lowest BCUT2D eigenvalue weighted by Crippen LogP contribution is -2.14. The number of benzene rings is 3. The first-order valence-corrected chi connectivity index (χ1v) is 8.75. The Morgan fingerprint density at radius 2 is 1.68 bits per heavy atom. The largest absolute Gasteiger partial charge is 0.507 e. The van der Waals surface area contributed by atoms with Gasteiger partial charge in [-0.25, -0.2) is 0 Å². The standard InChI is InChI=1S/C19H14Br2O/c1-19(2)13-6-4-3-5-11(13)17-12-7-10(20)8-15(21)18(12)16(22)9-14(17)19/h3-9,22H,1-2H3. The van der Waals surface area contributed by atoms with Crippen LogP contribution in [0.5, 0.6) is 5.75 Å². The van der Waals surface area contributed by atoms with E-state index in [1.54, 1.807) is 0 Å². The molecule has 4 rings (SSSR count). The van der Waals surface area contributed by atoms with Crippen molar-refractivity contribution < 1.29 is 5.11 Å². The van der Waals surface area contributed by atoms with Gasteiger partial charge in [-0.05, 0) is 61.8 Å². The predicted molar refractivity (Wildman–Crippen MR) is 98.6 cm³/mol. The van der Waals surface area contributed by atoms with Crippen molar-refractivity contribution in [2.45, 2.75) is 19.3 Å². The molecular formula is C19H14Br2O. The van der Waals surface area contributed by atoms with Gasteiger partial charge in [0.15, 0.2) is 0 Å². The summed E-state index contributed by atoms with van der Waals surface area (Å²) in [5.74, 6) is 0.328. The maximum absolute atomic E-state index is 10.6. The Labute approximate surface area is 146 Å². The van der Waals surface area contributed by atoms with Crippen LogP contribution in [0.15, 0.2) is 51.4 Å². The molecule has 0 radical (unpaired) electrons. The van der Waals surface area contributed by atoms with Crippen molar-refractivity contribution >= 4 is 42.6 Å². The maximum Gasteiger partial charge on any atom is 0.124 e. The number of halogens is 2. The summed E-state index contributed by atoms with van der Waals surface area (Å²) in [6, 6.07) is 14.5. The van der Waals surface area contributed by atoms with Crippen LogP contribution in [0.4, 0.5) is 0 Å². The average molecular weight is 418 g/mol. The van der Waals surface area contributed by atoms with E-state index in [1.165, 1.54) is 22.3 Å². The van der Waals surface area contributed by atoms with Crippen LogP contribution in [-0.2, 0) is 5.41 Å². The number of hydrogen-bond donors (Lipinski definition) is 1. The summed E-state index contributed by atoms with van der Waals surface area (Å²) in [5, 5.41) is 12.5. The lowest BCUT2D eigenvalue weighted by Gasteiger charge is -2.22. The van der Waals surface area contributed by atoms with Gasteiger partial charge < -0.3 is 5.11 Å². The highest BCUT2D eigenvalue weighted by Gasteiger charge is 2.37. The summed E-state index contributed by atoms with van der Waals surface area (Å²) < 4.78 is 1.90. The molecule has 1 aliphatic carbocycles. The fourth-order valence-corrected chi connectivity index (χ4v) is 5.06. The highest BCUT2D eigenvalue weighted by Crippen LogP contribution is 2.54. The molecule has 0 fully saturated rings. The lowest BCUT2D eigenvalue weighted by molar-refractivity contribution is 0.479. The Morgan fingerprint density at radius 1 is 0.955 bits per heavy atom. The summed E-state index contributed by atoms with van der Waals surface area (Å²) in [6.45, 7) is 4.44. The minimum Gasteiger partial charge on any atom is -0.507 e. The molecule has 0 aromatic heterocycles. The molecule has 0 saturated carbocycles.